The highest BCUT2D eigenvalue weighted by Gasteiger charge is 2.35. The highest BCUT2D eigenvalue weighted by Crippen LogP contribution is 2.29. The van der Waals surface area contributed by atoms with Crippen molar-refractivity contribution in [3.8, 4) is 5.75 Å². The molecular weight excluding hydrogens is 280 g/mol. The number of aliphatic hydroxyl groups is 1. The van der Waals surface area contributed by atoms with Gasteiger partial charge in [0.1, 0.15) is 11.4 Å². The molecule has 1 aliphatic carbocycles. The van der Waals surface area contributed by atoms with Gasteiger partial charge in [0.05, 0.1) is 18.8 Å². The Hall–Kier alpha value is -2.01. The Bertz CT molecular complexity index is 672. The molecule has 0 aliphatic heterocycles. The normalized spacial score (nSPS) is 16.8. The summed E-state index contributed by atoms with van der Waals surface area (Å²) in [6.45, 7) is 2.54. The van der Waals surface area contributed by atoms with Crippen molar-refractivity contribution < 1.29 is 14.6 Å². The van der Waals surface area contributed by atoms with E-state index in [1.54, 1.807) is 0 Å². The van der Waals surface area contributed by atoms with E-state index in [0.717, 1.165) is 42.3 Å². The SMILES string of the molecule is CCOc1ccc2cc(C(=O)NC3(CO)CCCC3)[nH]c2c1. The van der Waals surface area contributed by atoms with E-state index in [4.69, 9.17) is 4.74 Å². The minimum Gasteiger partial charge on any atom is -0.494 e. The zero-order valence-corrected chi connectivity index (χ0v) is 12.8. The summed E-state index contributed by atoms with van der Waals surface area (Å²) in [6, 6.07) is 7.56. The number of aromatic nitrogens is 1. The molecule has 118 valence electrons. The number of amides is 1. The van der Waals surface area contributed by atoms with Crippen LogP contribution in [0.25, 0.3) is 10.9 Å². The molecule has 3 rings (SSSR count). The number of H-pyrrole nitrogens is 1. The van der Waals surface area contributed by atoms with Crippen molar-refractivity contribution in [2.75, 3.05) is 13.2 Å². The number of benzene rings is 1. The predicted octanol–water partition coefficient (Wildman–Crippen LogP) is 2.60. The highest BCUT2D eigenvalue weighted by molar-refractivity contribution is 5.98. The number of rotatable bonds is 5. The first-order chi connectivity index (χ1) is 10.7. The van der Waals surface area contributed by atoms with Crippen molar-refractivity contribution in [2.24, 2.45) is 0 Å². The molecule has 0 radical (unpaired) electrons. The Morgan fingerprint density at radius 1 is 1.36 bits per heavy atom. The summed E-state index contributed by atoms with van der Waals surface area (Å²) in [5, 5.41) is 13.6. The molecule has 1 fully saturated rings. The Morgan fingerprint density at radius 3 is 2.82 bits per heavy atom. The molecule has 2 aromatic rings. The van der Waals surface area contributed by atoms with E-state index < -0.39 is 5.54 Å². The lowest BCUT2D eigenvalue weighted by atomic mass is 9.99. The number of hydrogen-bond donors (Lipinski definition) is 3. The van der Waals surface area contributed by atoms with Gasteiger partial charge in [0.25, 0.3) is 5.91 Å². The molecule has 0 spiro atoms. The van der Waals surface area contributed by atoms with Gasteiger partial charge in [0.2, 0.25) is 0 Å². The second-order valence-corrected chi connectivity index (χ2v) is 5.96. The van der Waals surface area contributed by atoms with Gasteiger partial charge in [0, 0.05) is 17.0 Å². The number of hydrogen-bond acceptors (Lipinski definition) is 3. The maximum Gasteiger partial charge on any atom is 0.268 e. The van der Waals surface area contributed by atoms with Crippen LogP contribution in [-0.2, 0) is 0 Å². The van der Waals surface area contributed by atoms with Gasteiger partial charge in [0.15, 0.2) is 0 Å². The molecule has 1 amide bonds. The topological polar surface area (TPSA) is 74.3 Å². The predicted molar refractivity (Wildman–Crippen MR) is 85.2 cm³/mol. The number of ether oxygens (including phenoxy) is 1. The fourth-order valence-corrected chi connectivity index (χ4v) is 3.17. The van der Waals surface area contributed by atoms with E-state index in [1.165, 1.54) is 0 Å². The van der Waals surface area contributed by atoms with Gasteiger partial charge in [-0.15, -0.1) is 0 Å². The quantitative estimate of drug-likeness (QED) is 0.795. The van der Waals surface area contributed by atoms with Crippen molar-refractivity contribution >= 4 is 16.8 Å². The number of nitrogens with one attached hydrogen (secondary N) is 2. The maximum absolute atomic E-state index is 12.5. The molecule has 0 atom stereocenters. The van der Waals surface area contributed by atoms with Crippen LogP contribution in [0.15, 0.2) is 24.3 Å². The van der Waals surface area contributed by atoms with Crippen LogP contribution in [0.4, 0.5) is 0 Å². The molecule has 3 N–H and O–H groups in total. The molecular formula is C17H22N2O3. The summed E-state index contributed by atoms with van der Waals surface area (Å²) in [5.74, 6) is 0.622. The van der Waals surface area contributed by atoms with Crippen molar-refractivity contribution in [1.82, 2.24) is 10.3 Å². The summed E-state index contributed by atoms with van der Waals surface area (Å²) in [7, 11) is 0. The summed E-state index contributed by atoms with van der Waals surface area (Å²) >= 11 is 0. The van der Waals surface area contributed by atoms with Gasteiger partial charge in [-0.1, -0.05) is 12.8 Å². The number of carbonyl (C=O) groups is 1. The van der Waals surface area contributed by atoms with Gasteiger partial charge in [-0.05, 0) is 38.0 Å². The number of aliphatic hydroxyl groups excluding tert-OH is 1. The molecule has 5 heteroatoms. The van der Waals surface area contributed by atoms with Gasteiger partial charge in [-0.25, -0.2) is 0 Å². The van der Waals surface area contributed by atoms with Crippen LogP contribution in [0.3, 0.4) is 0 Å². The number of fused-ring (bicyclic) bond motifs is 1. The van der Waals surface area contributed by atoms with Crippen molar-refractivity contribution in [1.29, 1.82) is 0 Å². The number of aromatic amines is 1. The van der Waals surface area contributed by atoms with Crippen LogP contribution in [0.2, 0.25) is 0 Å². The first-order valence-corrected chi connectivity index (χ1v) is 7.85. The molecule has 1 heterocycles. The minimum atomic E-state index is -0.454. The Balaban J connectivity index is 1.81. The third-order valence-corrected chi connectivity index (χ3v) is 4.39. The van der Waals surface area contributed by atoms with Crippen LogP contribution >= 0.6 is 0 Å². The van der Waals surface area contributed by atoms with E-state index in [2.05, 4.69) is 10.3 Å². The summed E-state index contributed by atoms with van der Waals surface area (Å²) in [6.07, 6.45) is 3.77. The molecule has 0 unspecified atom stereocenters. The monoisotopic (exact) mass is 302 g/mol. The maximum atomic E-state index is 12.5. The third-order valence-electron chi connectivity index (χ3n) is 4.39. The van der Waals surface area contributed by atoms with E-state index in [1.807, 2.05) is 31.2 Å². The largest absolute Gasteiger partial charge is 0.494 e. The van der Waals surface area contributed by atoms with Crippen molar-refractivity contribution in [2.45, 2.75) is 38.1 Å². The summed E-state index contributed by atoms with van der Waals surface area (Å²) < 4.78 is 5.47. The standard InChI is InChI=1S/C17H22N2O3/c1-2-22-13-6-5-12-9-15(18-14(12)10-13)16(21)19-17(11-20)7-3-4-8-17/h5-6,9-10,18,20H,2-4,7-8,11H2,1H3,(H,19,21). The Kier molecular flexibility index (Phi) is 4.07. The third kappa shape index (κ3) is 2.81. The van der Waals surface area contributed by atoms with E-state index in [-0.39, 0.29) is 12.5 Å². The molecule has 5 nitrogen and oxygen atoms in total. The lowest BCUT2D eigenvalue weighted by molar-refractivity contribution is 0.0834. The highest BCUT2D eigenvalue weighted by atomic mass is 16.5. The van der Waals surface area contributed by atoms with Crippen LogP contribution in [0, 0.1) is 0 Å². The summed E-state index contributed by atoms with van der Waals surface area (Å²) in [4.78, 5) is 15.6. The van der Waals surface area contributed by atoms with Crippen LogP contribution in [0.1, 0.15) is 43.1 Å². The van der Waals surface area contributed by atoms with Crippen molar-refractivity contribution in [3.05, 3.63) is 30.0 Å². The van der Waals surface area contributed by atoms with E-state index in [0.29, 0.717) is 12.3 Å². The lowest BCUT2D eigenvalue weighted by Gasteiger charge is -2.27. The molecule has 22 heavy (non-hydrogen) atoms. The van der Waals surface area contributed by atoms with E-state index in [9.17, 15) is 9.90 Å². The summed E-state index contributed by atoms with van der Waals surface area (Å²) in [5.41, 5.74) is 0.939. The average molecular weight is 302 g/mol. The fraction of sp³-hybridized carbons (Fsp3) is 0.471. The molecule has 0 bridgehead atoms. The van der Waals surface area contributed by atoms with Gasteiger partial charge < -0.3 is 20.1 Å². The van der Waals surface area contributed by atoms with Gasteiger partial charge in [-0.3, -0.25) is 4.79 Å². The second-order valence-electron chi connectivity index (χ2n) is 5.96. The molecule has 1 aromatic carbocycles. The zero-order valence-electron chi connectivity index (χ0n) is 12.8. The molecule has 1 aromatic heterocycles. The smallest absolute Gasteiger partial charge is 0.268 e. The van der Waals surface area contributed by atoms with Gasteiger partial charge in [-0.2, -0.15) is 0 Å². The molecule has 1 saturated carbocycles. The second kappa shape index (κ2) is 6.01. The zero-order chi connectivity index (χ0) is 15.6. The minimum absolute atomic E-state index is 0.00649. The van der Waals surface area contributed by atoms with Crippen LogP contribution in [0.5, 0.6) is 5.75 Å². The first kappa shape index (κ1) is 14.9. The fourth-order valence-electron chi connectivity index (χ4n) is 3.17. The number of carbonyl (C=O) groups excluding carboxylic acids is 1. The van der Waals surface area contributed by atoms with Crippen LogP contribution < -0.4 is 10.1 Å². The van der Waals surface area contributed by atoms with Crippen molar-refractivity contribution in [3.63, 3.8) is 0 Å². The Labute approximate surface area is 129 Å². The molecule has 0 saturated heterocycles. The lowest BCUT2D eigenvalue weighted by Crippen LogP contribution is -2.49. The van der Waals surface area contributed by atoms with Gasteiger partial charge >= 0.3 is 0 Å². The van der Waals surface area contributed by atoms with Crippen LogP contribution in [-0.4, -0.2) is 34.8 Å². The van der Waals surface area contributed by atoms with E-state index >= 15 is 0 Å². The Morgan fingerprint density at radius 2 is 2.14 bits per heavy atom. The average Bonchev–Trinajstić information content (AvgIpc) is 3.14. The first-order valence-electron chi connectivity index (χ1n) is 7.85. The molecule has 1 aliphatic rings.